The van der Waals surface area contributed by atoms with Crippen molar-refractivity contribution in [2.45, 2.75) is 46.0 Å². The summed E-state index contributed by atoms with van der Waals surface area (Å²) in [4.78, 5) is 23.9. The first-order valence-corrected chi connectivity index (χ1v) is 9.77. The Labute approximate surface area is 155 Å². The van der Waals surface area contributed by atoms with Gasteiger partial charge in [-0.25, -0.2) is 14.8 Å². The van der Waals surface area contributed by atoms with Gasteiger partial charge < -0.3 is 10.5 Å². The van der Waals surface area contributed by atoms with E-state index < -0.39 is 5.97 Å². The molecule has 26 heavy (non-hydrogen) atoms. The largest absolute Gasteiger partial charge is 0.462 e. The van der Waals surface area contributed by atoms with Crippen LogP contribution < -0.4 is 5.73 Å². The van der Waals surface area contributed by atoms with Crippen LogP contribution in [0.15, 0.2) is 6.20 Å². The lowest BCUT2D eigenvalue weighted by Gasteiger charge is -2.13. The van der Waals surface area contributed by atoms with Crippen molar-refractivity contribution in [2.75, 3.05) is 12.3 Å². The fraction of sp³-hybridized carbons (Fsp3) is 0.444. The molecule has 4 rings (SSSR count). The summed E-state index contributed by atoms with van der Waals surface area (Å²) in [6, 6.07) is 0. The monoisotopic (exact) mass is 371 g/mol. The molecule has 0 aromatic carbocycles. The van der Waals surface area contributed by atoms with E-state index in [-0.39, 0.29) is 11.4 Å². The minimum absolute atomic E-state index is 0.251. The van der Waals surface area contributed by atoms with Crippen LogP contribution in [0.1, 0.15) is 53.3 Å². The van der Waals surface area contributed by atoms with Crippen LogP contribution in [-0.2, 0) is 24.0 Å². The average molecular weight is 371 g/mol. The van der Waals surface area contributed by atoms with Crippen LogP contribution in [0.2, 0.25) is 0 Å². The Kier molecular flexibility index (Phi) is 4.36. The van der Waals surface area contributed by atoms with Gasteiger partial charge >= 0.3 is 5.97 Å². The molecule has 0 radical (unpaired) electrons. The summed E-state index contributed by atoms with van der Waals surface area (Å²) in [6.07, 6.45) is 6.64. The number of hydrogen-bond donors (Lipinski definition) is 1. The number of carbonyl (C=O) groups excluding carboxylic acids is 1. The predicted octanol–water partition coefficient (Wildman–Crippen LogP) is 3.08. The Bertz CT molecular complexity index is 991. The van der Waals surface area contributed by atoms with E-state index in [4.69, 9.17) is 20.4 Å². The number of aryl methyl sites for hydroxylation is 3. The highest BCUT2D eigenvalue weighted by Crippen LogP contribution is 2.38. The molecule has 1 aliphatic carbocycles. The highest BCUT2D eigenvalue weighted by atomic mass is 32.1. The molecule has 0 spiro atoms. The van der Waals surface area contributed by atoms with E-state index in [0.29, 0.717) is 12.4 Å². The van der Waals surface area contributed by atoms with Gasteiger partial charge in [-0.15, -0.1) is 11.3 Å². The van der Waals surface area contributed by atoms with E-state index >= 15 is 0 Å². The van der Waals surface area contributed by atoms with Crippen LogP contribution in [0.3, 0.4) is 0 Å². The molecule has 3 aromatic rings. The summed E-state index contributed by atoms with van der Waals surface area (Å²) in [5.41, 5.74) is 7.81. The minimum atomic E-state index is -0.468. The molecule has 0 saturated heterocycles. The zero-order chi connectivity index (χ0) is 18.3. The van der Waals surface area contributed by atoms with E-state index in [2.05, 4.69) is 5.10 Å². The third kappa shape index (κ3) is 2.65. The quantitative estimate of drug-likeness (QED) is 0.708. The van der Waals surface area contributed by atoms with Crippen molar-refractivity contribution in [2.24, 2.45) is 0 Å². The number of nitrogen functional groups attached to an aromatic ring is 1. The SMILES string of the molecule is CCOC(=O)c1cnn(-c2nc(CC)nc3sc4c(c23)CCCC4)c1N. The van der Waals surface area contributed by atoms with Crippen molar-refractivity contribution in [1.29, 1.82) is 0 Å². The number of nitrogens with two attached hydrogens (primary N) is 1. The fourth-order valence-corrected chi connectivity index (χ4v) is 4.66. The van der Waals surface area contributed by atoms with Crippen molar-refractivity contribution in [3.8, 4) is 5.82 Å². The number of aromatic nitrogens is 4. The molecule has 0 bridgehead atoms. The van der Waals surface area contributed by atoms with Crippen molar-refractivity contribution in [1.82, 2.24) is 19.7 Å². The van der Waals surface area contributed by atoms with Gasteiger partial charge in [-0.1, -0.05) is 6.92 Å². The molecule has 0 atom stereocenters. The van der Waals surface area contributed by atoms with Crippen LogP contribution in [-0.4, -0.2) is 32.3 Å². The Hall–Kier alpha value is -2.48. The van der Waals surface area contributed by atoms with Crippen LogP contribution in [0, 0.1) is 0 Å². The van der Waals surface area contributed by atoms with Gasteiger partial charge in [0.2, 0.25) is 0 Å². The van der Waals surface area contributed by atoms with Gasteiger partial charge in [0.15, 0.2) is 5.82 Å². The summed E-state index contributed by atoms with van der Waals surface area (Å²) in [5.74, 6) is 1.20. The molecule has 136 valence electrons. The van der Waals surface area contributed by atoms with Gasteiger partial charge in [-0.3, -0.25) is 0 Å². The summed E-state index contributed by atoms with van der Waals surface area (Å²) in [5, 5.41) is 5.37. The summed E-state index contributed by atoms with van der Waals surface area (Å²) < 4.78 is 6.62. The Morgan fingerprint density at radius 2 is 2.12 bits per heavy atom. The lowest BCUT2D eigenvalue weighted by molar-refractivity contribution is 0.0527. The van der Waals surface area contributed by atoms with E-state index in [1.54, 1.807) is 22.9 Å². The van der Waals surface area contributed by atoms with Crippen LogP contribution in [0.25, 0.3) is 16.0 Å². The fourth-order valence-electron chi connectivity index (χ4n) is 3.39. The standard InChI is InChI=1S/C18H21N5O2S/c1-3-13-21-16(23-15(19)11(9-20-23)18(24)25-4-2)14-10-7-5-6-8-12(10)26-17(14)22-13/h9H,3-8,19H2,1-2H3. The smallest absolute Gasteiger partial charge is 0.343 e. The molecular weight excluding hydrogens is 350 g/mol. The number of fused-ring (bicyclic) bond motifs is 3. The maximum absolute atomic E-state index is 12.1. The molecule has 0 fully saturated rings. The Balaban J connectivity index is 1.93. The topological polar surface area (TPSA) is 95.9 Å². The number of hydrogen-bond acceptors (Lipinski definition) is 7. The van der Waals surface area contributed by atoms with Gasteiger partial charge in [0.05, 0.1) is 18.2 Å². The van der Waals surface area contributed by atoms with Gasteiger partial charge in [-0.05, 0) is 38.2 Å². The zero-order valence-corrected chi connectivity index (χ0v) is 15.7. The normalized spacial score (nSPS) is 13.8. The number of esters is 1. The maximum atomic E-state index is 12.1. The number of anilines is 1. The third-order valence-corrected chi connectivity index (χ3v) is 5.85. The van der Waals surface area contributed by atoms with Crippen molar-refractivity contribution in [3.63, 3.8) is 0 Å². The molecule has 2 N–H and O–H groups in total. The van der Waals surface area contributed by atoms with Crippen molar-refractivity contribution in [3.05, 3.63) is 28.0 Å². The second kappa shape index (κ2) is 6.68. The van der Waals surface area contributed by atoms with Crippen LogP contribution in [0.5, 0.6) is 0 Å². The first-order chi connectivity index (χ1) is 12.6. The molecule has 0 unspecified atom stereocenters. The summed E-state index contributed by atoms with van der Waals surface area (Å²) in [7, 11) is 0. The van der Waals surface area contributed by atoms with Crippen molar-refractivity contribution >= 4 is 33.3 Å². The highest BCUT2D eigenvalue weighted by Gasteiger charge is 2.25. The Morgan fingerprint density at radius 1 is 1.31 bits per heavy atom. The zero-order valence-electron chi connectivity index (χ0n) is 14.9. The molecule has 3 aromatic heterocycles. The summed E-state index contributed by atoms with van der Waals surface area (Å²) >= 11 is 1.74. The first-order valence-electron chi connectivity index (χ1n) is 8.96. The number of thiophene rings is 1. The van der Waals surface area contributed by atoms with E-state index in [9.17, 15) is 4.79 Å². The molecule has 8 heteroatoms. The van der Waals surface area contributed by atoms with Crippen molar-refractivity contribution < 1.29 is 9.53 Å². The third-order valence-electron chi connectivity index (χ3n) is 4.66. The van der Waals surface area contributed by atoms with Crippen LogP contribution in [0.4, 0.5) is 5.82 Å². The molecule has 7 nitrogen and oxygen atoms in total. The molecular formula is C18H21N5O2S. The second-order valence-electron chi connectivity index (χ2n) is 6.28. The van der Waals surface area contributed by atoms with Gasteiger partial charge in [-0.2, -0.15) is 9.78 Å². The molecule has 0 saturated carbocycles. The van der Waals surface area contributed by atoms with Crippen LogP contribution >= 0.6 is 11.3 Å². The molecule has 1 aliphatic rings. The van der Waals surface area contributed by atoms with E-state index in [1.807, 2.05) is 6.92 Å². The van der Waals surface area contributed by atoms with E-state index in [1.165, 1.54) is 23.1 Å². The second-order valence-corrected chi connectivity index (χ2v) is 7.37. The number of nitrogens with zero attached hydrogens (tertiary/aromatic N) is 4. The predicted molar refractivity (Wildman–Crippen MR) is 101 cm³/mol. The van der Waals surface area contributed by atoms with Gasteiger partial charge in [0.1, 0.15) is 22.0 Å². The van der Waals surface area contributed by atoms with Gasteiger partial charge in [0.25, 0.3) is 0 Å². The first kappa shape index (κ1) is 17.0. The number of ether oxygens (including phenoxy) is 1. The Morgan fingerprint density at radius 3 is 2.88 bits per heavy atom. The molecule has 3 heterocycles. The molecule has 0 aliphatic heterocycles. The minimum Gasteiger partial charge on any atom is -0.462 e. The maximum Gasteiger partial charge on any atom is 0.343 e. The average Bonchev–Trinajstić information content (AvgIpc) is 3.21. The lowest BCUT2D eigenvalue weighted by atomic mass is 9.97. The molecule has 0 amide bonds. The highest BCUT2D eigenvalue weighted by molar-refractivity contribution is 7.18. The van der Waals surface area contributed by atoms with Gasteiger partial charge in [0, 0.05) is 11.3 Å². The lowest BCUT2D eigenvalue weighted by Crippen LogP contribution is -2.11. The number of rotatable bonds is 4. The van der Waals surface area contributed by atoms with E-state index in [0.717, 1.165) is 41.7 Å². The summed E-state index contributed by atoms with van der Waals surface area (Å²) in [6.45, 7) is 4.08. The number of carbonyl (C=O) groups is 1.